The van der Waals surface area contributed by atoms with Crippen LogP contribution in [-0.2, 0) is 19.4 Å². The minimum Gasteiger partial charge on any atom is -0.297 e. The van der Waals surface area contributed by atoms with E-state index in [1.54, 1.807) is 16.7 Å². The number of rotatable bonds is 2. The molecule has 2 aromatic carbocycles. The largest absolute Gasteiger partial charge is 0.297 e. The SMILES string of the molecule is CC(C)C1CCCCc2ccccc21.CC(C)N1CCCc2ccccc2C1. The summed E-state index contributed by atoms with van der Waals surface area (Å²) >= 11 is 0. The van der Waals surface area contributed by atoms with Crippen molar-refractivity contribution in [2.24, 2.45) is 5.92 Å². The second-order valence-corrected chi connectivity index (χ2v) is 9.23. The molecule has 0 spiro atoms. The third-order valence-electron chi connectivity index (χ3n) is 6.58. The maximum atomic E-state index is 2.56. The van der Waals surface area contributed by atoms with Crippen molar-refractivity contribution in [3.05, 3.63) is 70.8 Å². The molecule has 1 heteroatoms. The van der Waals surface area contributed by atoms with E-state index in [4.69, 9.17) is 0 Å². The zero-order valence-electron chi connectivity index (χ0n) is 18.5. The summed E-state index contributed by atoms with van der Waals surface area (Å²) in [6, 6.07) is 18.6. The average molecular weight is 378 g/mol. The van der Waals surface area contributed by atoms with Crippen LogP contribution in [0.1, 0.15) is 81.5 Å². The lowest BCUT2D eigenvalue weighted by molar-refractivity contribution is 0.216. The lowest BCUT2D eigenvalue weighted by Crippen LogP contribution is -2.30. The van der Waals surface area contributed by atoms with E-state index < -0.39 is 0 Å². The van der Waals surface area contributed by atoms with Crippen LogP contribution in [0.4, 0.5) is 0 Å². The fraction of sp³-hybridized carbons (Fsp3) is 0.556. The molecule has 0 saturated heterocycles. The highest BCUT2D eigenvalue weighted by atomic mass is 15.1. The molecule has 0 N–H and O–H groups in total. The minimum absolute atomic E-state index is 0.668. The number of benzene rings is 2. The van der Waals surface area contributed by atoms with Gasteiger partial charge in [0.1, 0.15) is 0 Å². The Kier molecular flexibility index (Phi) is 7.73. The standard InChI is InChI=1S/C14H20.C13H19N/c1-11(2)13-9-5-3-7-12-8-4-6-10-14(12)13;1-11(2)14-9-5-8-12-6-3-4-7-13(12)10-14/h4,6,8,10-11,13H,3,5,7,9H2,1-2H3;3-4,6-7,11H,5,8-10H2,1-2H3. The van der Waals surface area contributed by atoms with Crippen molar-refractivity contribution in [3.63, 3.8) is 0 Å². The zero-order chi connectivity index (χ0) is 19.9. The molecule has 28 heavy (non-hydrogen) atoms. The predicted molar refractivity (Wildman–Crippen MR) is 122 cm³/mol. The zero-order valence-corrected chi connectivity index (χ0v) is 18.5. The molecule has 0 bridgehead atoms. The summed E-state index contributed by atoms with van der Waals surface area (Å²) in [6.07, 6.45) is 8.00. The van der Waals surface area contributed by atoms with Crippen LogP contribution in [0.5, 0.6) is 0 Å². The van der Waals surface area contributed by atoms with Gasteiger partial charge >= 0.3 is 0 Å². The summed E-state index contributed by atoms with van der Waals surface area (Å²) in [5.41, 5.74) is 6.30. The van der Waals surface area contributed by atoms with E-state index >= 15 is 0 Å². The molecule has 0 saturated carbocycles. The van der Waals surface area contributed by atoms with E-state index in [1.807, 2.05) is 0 Å². The molecule has 4 rings (SSSR count). The third kappa shape index (κ3) is 5.47. The minimum atomic E-state index is 0.668. The fourth-order valence-corrected chi connectivity index (χ4v) is 4.82. The van der Waals surface area contributed by atoms with E-state index in [1.165, 1.54) is 50.6 Å². The first-order valence-corrected chi connectivity index (χ1v) is 11.4. The molecule has 1 aliphatic carbocycles. The maximum Gasteiger partial charge on any atom is 0.0239 e. The highest BCUT2D eigenvalue weighted by molar-refractivity contribution is 5.32. The molecule has 0 fully saturated rings. The van der Waals surface area contributed by atoms with Crippen molar-refractivity contribution < 1.29 is 0 Å². The van der Waals surface area contributed by atoms with Crippen LogP contribution in [0, 0.1) is 5.92 Å². The molecule has 2 aromatic rings. The summed E-state index contributed by atoms with van der Waals surface area (Å²) < 4.78 is 0. The summed E-state index contributed by atoms with van der Waals surface area (Å²) in [6.45, 7) is 11.7. The second kappa shape index (κ2) is 10.3. The van der Waals surface area contributed by atoms with Crippen molar-refractivity contribution in [3.8, 4) is 0 Å². The van der Waals surface area contributed by atoms with Crippen LogP contribution < -0.4 is 0 Å². The van der Waals surface area contributed by atoms with Crippen LogP contribution in [-0.4, -0.2) is 17.5 Å². The Morgan fingerprint density at radius 1 is 0.750 bits per heavy atom. The molecule has 0 radical (unpaired) electrons. The summed E-state index contributed by atoms with van der Waals surface area (Å²) in [5.74, 6) is 1.59. The quantitative estimate of drug-likeness (QED) is 0.509. The van der Waals surface area contributed by atoms with Gasteiger partial charge in [0, 0.05) is 12.6 Å². The van der Waals surface area contributed by atoms with Gasteiger partial charge in [0.15, 0.2) is 0 Å². The Labute approximate surface area is 173 Å². The van der Waals surface area contributed by atoms with Crippen molar-refractivity contribution >= 4 is 0 Å². The molecule has 152 valence electrons. The van der Waals surface area contributed by atoms with Gasteiger partial charge in [0.2, 0.25) is 0 Å². The van der Waals surface area contributed by atoms with Gasteiger partial charge in [0.05, 0.1) is 0 Å². The van der Waals surface area contributed by atoms with Crippen molar-refractivity contribution in [1.82, 2.24) is 4.90 Å². The Morgan fingerprint density at radius 2 is 1.39 bits per heavy atom. The smallest absolute Gasteiger partial charge is 0.0239 e. The van der Waals surface area contributed by atoms with Crippen molar-refractivity contribution in [2.45, 2.75) is 84.7 Å². The Morgan fingerprint density at radius 3 is 2.11 bits per heavy atom. The van der Waals surface area contributed by atoms with Gasteiger partial charge in [-0.3, -0.25) is 4.90 Å². The molecule has 1 atom stereocenters. The fourth-order valence-electron chi connectivity index (χ4n) is 4.82. The monoisotopic (exact) mass is 377 g/mol. The van der Waals surface area contributed by atoms with Gasteiger partial charge < -0.3 is 0 Å². The summed E-state index contributed by atoms with van der Waals surface area (Å²) in [4.78, 5) is 2.56. The molecular weight excluding hydrogens is 338 g/mol. The van der Waals surface area contributed by atoms with Gasteiger partial charge in [-0.15, -0.1) is 0 Å². The van der Waals surface area contributed by atoms with E-state index in [0.29, 0.717) is 6.04 Å². The summed E-state index contributed by atoms with van der Waals surface area (Å²) in [5, 5.41) is 0. The Bertz CT molecular complexity index is 731. The van der Waals surface area contributed by atoms with E-state index in [9.17, 15) is 0 Å². The van der Waals surface area contributed by atoms with Gasteiger partial charge in [-0.25, -0.2) is 0 Å². The maximum absolute atomic E-state index is 2.56. The van der Waals surface area contributed by atoms with E-state index in [0.717, 1.165) is 18.4 Å². The Balaban J connectivity index is 0.000000161. The van der Waals surface area contributed by atoms with E-state index in [2.05, 4.69) is 81.1 Å². The van der Waals surface area contributed by atoms with Crippen LogP contribution in [0.15, 0.2) is 48.5 Å². The molecule has 1 aliphatic heterocycles. The molecule has 0 aromatic heterocycles. The van der Waals surface area contributed by atoms with Gasteiger partial charge in [-0.1, -0.05) is 68.8 Å². The predicted octanol–water partition coefficient (Wildman–Crippen LogP) is 7.00. The molecule has 0 amide bonds. The molecule has 1 heterocycles. The first-order chi connectivity index (χ1) is 13.6. The molecule has 1 unspecified atom stereocenters. The number of hydrogen-bond donors (Lipinski definition) is 0. The first kappa shape index (κ1) is 21.1. The number of aryl methyl sites for hydroxylation is 2. The number of nitrogens with zero attached hydrogens (tertiary/aromatic N) is 1. The highest BCUT2D eigenvalue weighted by Crippen LogP contribution is 2.35. The van der Waals surface area contributed by atoms with Gasteiger partial charge in [-0.05, 0) is 86.6 Å². The van der Waals surface area contributed by atoms with Gasteiger partial charge in [0.25, 0.3) is 0 Å². The third-order valence-corrected chi connectivity index (χ3v) is 6.58. The van der Waals surface area contributed by atoms with Crippen LogP contribution in [0.2, 0.25) is 0 Å². The van der Waals surface area contributed by atoms with Crippen LogP contribution in [0.3, 0.4) is 0 Å². The lowest BCUT2D eigenvalue weighted by atomic mass is 9.84. The van der Waals surface area contributed by atoms with E-state index in [-0.39, 0.29) is 0 Å². The van der Waals surface area contributed by atoms with Crippen molar-refractivity contribution in [2.75, 3.05) is 6.54 Å². The molecular formula is C27H39N. The normalized spacial score (nSPS) is 19.9. The molecule has 2 aliphatic rings. The lowest BCUT2D eigenvalue weighted by Gasteiger charge is -2.24. The van der Waals surface area contributed by atoms with Gasteiger partial charge in [-0.2, -0.15) is 0 Å². The van der Waals surface area contributed by atoms with Crippen LogP contribution in [0.25, 0.3) is 0 Å². The second-order valence-electron chi connectivity index (χ2n) is 9.23. The average Bonchev–Trinajstić information content (AvgIpc) is 3.04. The topological polar surface area (TPSA) is 3.24 Å². The summed E-state index contributed by atoms with van der Waals surface area (Å²) in [7, 11) is 0. The Hall–Kier alpha value is -1.60. The number of hydrogen-bond acceptors (Lipinski definition) is 1. The van der Waals surface area contributed by atoms with Crippen LogP contribution >= 0.6 is 0 Å². The first-order valence-electron chi connectivity index (χ1n) is 11.4. The van der Waals surface area contributed by atoms with Crippen molar-refractivity contribution in [1.29, 1.82) is 0 Å². The molecule has 1 nitrogen and oxygen atoms in total. The number of fused-ring (bicyclic) bond motifs is 2. The highest BCUT2D eigenvalue weighted by Gasteiger charge is 2.20.